The Morgan fingerprint density at radius 1 is 1.39 bits per heavy atom. The Hall–Kier alpha value is -1.06. The predicted molar refractivity (Wildman–Crippen MR) is 76.5 cm³/mol. The highest BCUT2D eigenvalue weighted by Gasteiger charge is 2.16. The van der Waals surface area contributed by atoms with Crippen LogP contribution in [0.15, 0.2) is 18.2 Å². The number of nitrogens with one attached hydrogen (secondary N) is 2. The lowest BCUT2D eigenvalue weighted by Gasteiger charge is -2.14. The molecule has 4 heteroatoms. The lowest BCUT2D eigenvalue weighted by Crippen LogP contribution is -2.37. The van der Waals surface area contributed by atoms with Crippen LogP contribution in [-0.4, -0.2) is 25.0 Å². The van der Waals surface area contributed by atoms with Gasteiger partial charge in [-0.05, 0) is 44.4 Å². The molecule has 1 amide bonds. The summed E-state index contributed by atoms with van der Waals surface area (Å²) >= 11 is 0. The molecule has 0 aromatic heterocycles. The summed E-state index contributed by atoms with van der Waals surface area (Å²) in [7, 11) is 0. The van der Waals surface area contributed by atoms with Crippen molar-refractivity contribution in [1.29, 1.82) is 0 Å². The third-order valence-corrected chi connectivity index (χ3v) is 3.38. The van der Waals surface area contributed by atoms with E-state index in [1.54, 1.807) is 0 Å². The van der Waals surface area contributed by atoms with E-state index in [-0.39, 0.29) is 18.3 Å². The van der Waals surface area contributed by atoms with Gasteiger partial charge in [0.25, 0.3) is 5.91 Å². The smallest absolute Gasteiger partial charge is 0.251 e. The minimum Gasteiger partial charge on any atom is -0.350 e. The van der Waals surface area contributed by atoms with Gasteiger partial charge in [-0.1, -0.05) is 18.2 Å². The fourth-order valence-electron chi connectivity index (χ4n) is 2.41. The highest BCUT2D eigenvalue weighted by atomic mass is 35.5. The number of carbonyl (C=O) groups is 1. The summed E-state index contributed by atoms with van der Waals surface area (Å²) in [5.74, 6) is 0.0503. The van der Waals surface area contributed by atoms with Crippen LogP contribution in [0.1, 0.15) is 34.3 Å². The summed E-state index contributed by atoms with van der Waals surface area (Å²) in [6.45, 7) is 5.77. The topological polar surface area (TPSA) is 41.1 Å². The molecule has 1 aromatic rings. The van der Waals surface area contributed by atoms with Gasteiger partial charge in [-0.2, -0.15) is 0 Å². The van der Waals surface area contributed by atoms with Gasteiger partial charge in [0, 0.05) is 18.2 Å². The standard InChI is InChI=1S/C14H20N2O.ClH/c1-10-5-3-6-11(2)13(10)14(17)16-9-12-7-4-8-15-12;/h3,5-6,12,15H,4,7-9H2,1-2H3,(H,16,17);1H. The Bertz CT molecular complexity index is 394. The second-order valence-electron chi connectivity index (χ2n) is 4.77. The van der Waals surface area contributed by atoms with Crippen molar-refractivity contribution in [2.75, 3.05) is 13.1 Å². The monoisotopic (exact) mass is 268 g/mol. The fraction of sp³-hybridized carbons (Fsp3) is 0.500. The Morgan fingerprint density at radius 2 is 2.06 bits per heavy atom. The first-order valence-electron chi connectivity index (χ1n) is 6.26. The molecular formula is C14H21ClN2O. The van der Waals surface area contributed by atoms with Gasteiger partial charge in [0.1, 0.15) is 0 Å². The molecule has 2 N–H and O–H groups in total. The normalized spacial score (nSPS) is 18.2. The molecule has 1 heterocycles. The van der Waals surface area contributed by atoms with Crippen LogP contribution in [0.25, 0.3) is 0 Å². The molecule has 1 saturated heterocycles. The van der Waals surface area contributed by atoms with E-state index in [9.17, 15) is 4.79 Å². The molecule has 0 radical (unpaired) electrons. The van der Waals surface area contributed by atoms with Crippen LogP contribution in [0.5, 0.6) is 0 Å². The molecule has 1 atom stereocenters. The molecule has 1 fully saturated rings. The van der Waals surface area contributed by atoms with Crippen LogP contribution in [0.4, 0.5) is 0 Å². The average molecular weight is 269 g/mol. The number of hydrogen-bond acceptors (Lipinski definition) is 2. The lowest BCUT2D eigenvalue weighted by atomic mass is 10.0. The minimum atomic E-state index is 0. The van der Waals surface area contributed by atoms with E-state index >= 15 is 0 Å². The summed E-state index contributed by atoms with van der Waals surface area (Å²) in [4.78, 5) is 12.1. The predicted octanol–water partition coefficient (Wildman–Crippen LogP) is 2.21. The third-order valence-electron chi connectivity index (χ3n) is 3.38. The van der Waals surface area contributed by atoms with Crippen molar-refractivity contribution in [2.24, 2.45) is 0 Å². The first-order valence-corrected chi connectivity index (χ1v) is 6.26. The zero-order valence-corrected chi connectivity index (χ0v) is 11.8. The van der Waals surface area contributed by atoms with Gasteiger partial charge in [0.2, 0.25) is 0 Å². The van der Waals surface area contributed by atoms with E-state index < -0.39 is 0 Å². The molecule has 1 aliphatic rings. The van der Waals surface area contributed by atoms with E-state index in [1.807, 2.05) is 32.0 Å². The second-order valence-corrected chi connectivity index (χ2v) is 4.77. The van der Waals surface area contributed by atoms with Crippen LogP contribution < -0.4 is 10.6 Å². The number of aryl methyl sites for hydroxylation is 2. The van der Waals surface area contributed by atoms with Gasteiger partial charge in [0.15, 0.2) is 0 Å². The maximum absolute atomic E-state index is 12.1. The number of carbonyl (C=O) groups excluding carboxylic acids is 1. The third kappa shape index (κ3) is 3.47. The summed E-state index contributed by atoms with van der Waals surface area (Å²) in [6, 6.07) is 6.40. The molecule has 0 saturated carbocycles. The second kappa shape index (κ2) is 6.76. The van der Waals surface area contributed by atoms with Crippen molar-refractivity contribution in [1.82, 2.24) is 10.6 Å². The summed E-state index contributed by atoms with van der Waals surface area (Å²) in [5, 5.41) is 6.40. The molecular weight excluding hydrogens is 248 g/mol. The molecule has 100 valence electrons. The molecule has 3 nitrogen and oxygen atoms in total. The van der Waals surface area contributed by atoms with E-state index in [4.69, 9.17) is 0 Å². The van der Waals surface area contributed by atoms with Crippen LogP contribution in [0.2, 0.25) is 0 Å². The number of halogens is 1. The number of benzene rings is 1. The zero-order chi connectivity index (χ0) is 12.3. The minimum absolute atomic E-state index is 0. The first-order chi connectivity index (χ1) is 8.18. The van der Waals surface area contributed by atoms with Crippen molar-refractivity contribution >= 4 is 18.3 Å². The number of hydrogen-bond donors (Lipinski definition) is 2. The van der Waals surface area contributed by atoms with Crippen molar-refractivity contribution < 1.29 is 4.79 Å². The molecule has 0 spiro atoms. The molecule has 0 bridgehead atoms. The van der Waals surface area contributed by atoms with Gasteiger partial charge >= 0.3 is 0 Å². The SMILES string of the molecule is Cc1cccc(C)c1C(=O)NCC1CCCN1.Cl. The zero-order valence-electron chi connectivity index (χ0n) is 11.0. The maximum Gasteiger partial charge on any atom is 0.251 e. The van der Waals surface area contributed by atoms with E-state index in [2.05, 4.69) is 10.6 Å². The lowest BCUT2D eigenvalue weighted by molar-refractivity contribution is 0.0949. The van der Waals surface area contributed by atoms with Crippen LogP contribution in [0.3, 0.4) is 0 Å². The van der Waals surface area contributed by atoms with Gasteiger partial charge in [-0.3, -0.25) is 4.79 Å². The van der Waals surface area contributed by atoms with Crippen molar-refractivity contribution in [2.45, 2.75) is 32.7 Å². The van der Waals surface area contributed by atoms with E-state index in [1.165, 1.54) is 6.42 Å². The van der Waals surface area contributed by atoms with Crippen LogP contribution >= 0.6 is 12.4 Å². The maximum atomic E-state index is 12.1. The van der Waals surface area contributed by atoms with Crippen molar-refractivity contribution in [3.8, 4) is 0 Å². The summed E-state index contributed by atoms with van der Waals surface area (Å²) < 4.78 is 0. The molecule has 18 heavy (non-hydrogen) atoms. The molecule has 1 aliphatic heterocycles. The molecule has 2 rings (SSSR count). The first kappa shape index (κ1) is 15.0. The fourth-order valence-corrected chi connectivity index (χ4v) is 2.41. The number of rotatable bonds is 3. The largest absolute Gasteiger partial charge is 0.350 e. The van der Waals surface area contributed by atoms with E-state index in [0.29, 0.717) is 6.04 Å². The molecule has 1 aromatic carbocycles. The summed E-state index contributed by atoms with van der Waals surface area (Å²) in [6.07, 6.45) is 2.37. The molecule has 1 unspecified atom stereocenters. The quantitative estimate of drug-likeness (QED) is 0.883. The van der Waals surface area contributed by atoms with Crippen molar-refractivity contribution in [3.63, 3.8) is 0 Å². The van der Waals surface area contributed by atoms with Crippen molar-refractivity contribution in [3.05, 3.63) is 34.9 Å². The Kier molecular flexibility index (Phi) is 5.63. The Morgan fingerprint density at radius 3 is 2.61 bits per heavy atom. The van der Waals surface area contributed by atoms with Gasteiger partial charge in [-0.15, -0.1) is 12.4 Å². The number of amides is 1. The van der Waals surface area contributed by atoms with Gasteiger partial charge in [0.05, 0.1) is 0 Å². The Balaban J connectivity index is 0.00000162. The van der Waals surface area contributed by atoms with Gasteiger partial charge in [-0.25, -0.2) is 0 Å². The summed E-state index contributed by atoms with van der Waals surface area (Å²) in [5.41, 5.74) is 2.91. The average Bonchev–Trinajstić information content (AvgIpc) is 2.79. The van der Waals surface area contributed by atoms with Crippen LogP contribution in [-0.2, 0) is 0 Å². The van der Waals surface area contributed by atoms with Gasteiger partial charge < -0.3 is 10.6 Å². The Labute approximate surface area is 115 Å². The molecule has 0 aliphatic carbocycles. The van der Waals surface area contributed by atoms with Crippen LogP contribution in [0, 0.1) is 13.8 Å². The highest BCUT2D eigenvalue weighted by molar-refractivity contribution is 5.97. The van der Waals surface area contributed by atoms with E-state index in [0.717, 1.165) is 36.2 Å². The highest BCUT2D eigenvalue weighted by Crippen LogP contribution is 2.13.